The second kappa shape index (κ2) is 5.69. The van der Waals surface area contributed by atoms with Gasteiger partial charge in [0.1, 0.15) is 12.1 Å². The Morgan fingerprint density at radius 1 is 1.44 bits per heavy atom. The molecule has 0 aromatic carbocycles. The van der Waals surface area contributed by atoms with E-state index >= 15 is 0 Å². The lowest BCUT2D eigenvalue weighted by Crippen LogP contribution is -2.58. The Bertz CT molecular complexity index is 257. The van der Waals surface area contributed by atoms with Crippen molar-refractivity contribution in [2.75, 3.05) is 20.3 Å². The minimum absolute atomic E-state index is 0.227. The van der Waals surface area contributed by atoms with Crippen LogP contribution in [0.15, 0.2) is 0 Å². The maximum Gasteiger partial charge on any atom is 0.405 e. The summed E-state index contributed by atoms with van der Waals surface area (Å²) < 4.78 is 40.2. The lowest BCUT2D eigenvalue weighted by atomic mass is 10.0. The van der Waals surface area contributed by atoms with Crippen molar-refractivity contribution in [3.63, 3.8) is 0 Å². The molecule has 0 radical (unpaired) electrons. The van der Waals surface area contributed by atoms with Gasteiger partial charge >= 0.3 is 6.18 Å². The van der Waals surface area contributed by atoms with Crippen LogP contribution in [0.1, 0.15) is 6.92 Å². The van der Waals surface area contributed by atoms with Crippen molar-refractivity contribution >= 4 is 12.3 Å². The molecule has 94 valence electrons. The van der Waals surface area contributed by atoms with Gasteiger partial charge in [-0.15, -0.1) is 0 Å². The Kier molecular flexibility index (Phi) is 5.22. The van der Waals surface area contributed by atoms with Crippen LogP contribution >= 0.6 is 0 Å². The van der Waals surface area contributed by atoms with Crippen LogP contribution in [0.3, 0.4) is 0 Å². The molecular weight excluding hydrogens is 229 g/mol. The maximum atomic E-state index is 11.8. The summed E-state index contributed by atoms with van der Waals surface area (Å²) in [5.41, 5.74) is -1.51. The van der Waals surface area contributed by atoms with Gasteiger partial charge in [0.25, 0.3) is 0 Å². The van der Waals surface area contributed by atoms with E-state index in [1.165, 1.54) is 14.0 Å². The van der Waals surface area contributed by atoms with Crippen molar-refractivity contribution in [3.05, 3.63) is 0 Å². The van der Waals surface area contributed by atoms with E-state index in [9.17, 15) is 22.8 Å². The molecular formula is C8H13F3N2O3. The quantitative estimate of drug-likeness (QED) is 0.635. The fourth-order valence-corrected chi connectivity index (χ4v) is 0.967. The largest absolute Gasteiger partial charge is 0.405 e. The van der Waals surface area contributed by atoms with Crippen molar-refractivity contribution in [2.24, 2.45) is 0 Å². The Labute approximate surface area is 90.3 Å². The Balaban J connectivity index is 4.44. The maximum absolute atomic E-state index is 11.8. The second-order valence-corrected chi connectivity index (χ2v) is 3.33. The molecule has 1 atom stereocenters. The van der Waals surface area contributed by atoms with Gasteiger partial charge in [-0.3, -0.25) is 9.59 Å². The molecule has 0 saturated carbocycles. The molecule has 0 bridgehead atoms. The summed E-state index contributed by atoms with van der Waals surface area (Å²) in [6, 6.07) is 0. The molecule has 0 spiro atoms. The average Bonchev–Trinajstić information content (AvgIpc) is 2.13. The third-order valence-corrected chi connectivity index (χ3v) is 1.76. The first-order chi connectivity index (χ1) is 7.25. The fraction of sp³-hybridized carbons (Fsp3) is 0.750. The SMILES string of the molecule is COCC(C)(NC=O)C(=O)NCC(F)(F)F. The number of hydrogen-bond donors (Lipinski definition) is 2. The number of ether oxygens (including phenoxy) is 1. The van der Waals surface area contributed by atoms with E-state index in [1.54, 1.807) is 5.32 Å². The molecule has 0 aliphatic carbocycles. The van der Waals surface area contributed by atoms with Crippen LogP contribution in [0.2, 0.25) is 0 Å². The van der Waals surface area contributed by atoms with Gasteiger partial charge in [-0.25, -0.2) is 0 Å². The van der Waals surface area contributed by atoms with Gasteiger partial charge in [-0.2, -0.15) is 13.2 Å². The van der Waals surface area contributed by atoms with Crippen molar-refractivity contribution in [1.82, 2.24) is 10.6 Å². The molecule has 0 rings (SSSR count). The van der Waals surface area contributed by atoms with Crippen LogP contribution in [-0.4, -0.2) is 44.3 Å². The number of amides is 2. The van der Waals surface area contributed by atoms with Crippen molar-refractivity contribution in [3.8, 4) is 0 Å². The monoisotopic (exact) mass is 242 g/mol. The number of carbonyl (C=O) groups excluding carboxylic acids is 2. The van der Waals surface area contributed by atoms with E-state index in [-0.39, 0.29) is 13.0 Å². The zero-order valence-electron chi connectivity index (χ0n) is 8.85. The first kappa shape index (κ1) is 14.7. The van der Waals surface area contributed by atoms with E-state index < -0.39 is 24.2 Å². The molecule has 0 aromatic rings. The van der Waals surface area contributed by atoms with Crippen LogP contribution in [0.5, 0.6) is 0 Å². The molecule has 1 unspecified atom stereocenters. The fourth-order valence-electron chi connectivity index (χ4n) is 0.967. The van der Waals surface area contributed by atoms with Gasteiger partial charge < -0.3 is 15.4 Å². The predicted octanol–water partition coefficient (Wildman–Crippen LogP) is -0.184. The van der Waals surface area contributed by atoms with Gasteiger partial charge in [0.05, 0.1) is 6.61 Å². The molecule has 16 heavy (non-hydrogen) atoms. The zero-order chi connectivity index (χ0) is 12.8. The molecule has 2 N–H and O–H groups in total. The van der Waals surface area contributed by atoms with Crippen LogP contribution in [0, 0.1) is 0 Å². The molecule has 0 saturated heterocycles. The lowest BCUT2D eigenvalue weighted by molar-refractivity contribution is -0.144. The predicted molar refractivity (Wildman–Crippen MR) is 48.5 cm³/mol. The third kappa shape index (κ3) is 4.96. The summed E-state index contributed by atoms with van der Waals surface area (Å²) in [6.45, 7) is -0.419. The van der Waals surface area contributed by atoms with Crippen molar-refractivity contribution in [1.29, 1.82) is 0 Å². The van der Waals surface area contributed by atoms with Gasteiger partial charge in [0.15, 0.2) is 0 Å². The summed E-state index contributed by atoms with van der Waals surface area (Å²) in [5, 5.41) is 3.78. The van der Waals surface area contributed by atoms with Crippen LogP contribution < -0.4 is 10.6 Å². The Morgan fingerprint density at radius 3 is 2.38 bits per heavy atom. The molecule has 0 fully saturated rings. The van der Waals surface area contributed by atoms with Crippen LogP contribution in [-0.2, 0) is 14.3 Å². The number of methoxy groups -OCH3 is 1. The first-order valence-electron chi connectivity index (χ1n) is 4.30. The highest BCUT2D eigenvalue weighted by Gasteiger charge is 2.36. The number of rotatable bonds is 6. The number of nitrogens with one attached hydrogen (secondary N) is 2. The highest BCUT2D eigenvalue weighted by Crippen LogP contribution is 2.13. The molecule has 8 heteroatoms. The molecule has 0 aliphatic heterocycles. The summed E-state index contributed by atoms with van der Waals surface area (Å²) in [4.78, 5) is 21.6. The van der Waals surface area contributed by atoms with E-state index in [1.807, 2.05) is 0 Å². The number of halogens is 3. The van der Waals surface area contributed by atoms with Crippen LogP contribution in [0.4, 0.5) is 13.2 Å². The highest BCUT2D eigenvalue weighted by atomic mass is 19.4. The zero-order valence-corrected chi connectivity index (χ0v) is 8.85. The van der Waals surface area contributed by atoms with E-state index in [2.05, 4.69) is 10.1 Å². The van der Waals surface area contributed by atoms with E-state index in [0.717, 1.165) is 0 Å². The minimum Gasteiger partial charge on any atom is -0.382 e. The Morgan fingerprint density at radius 2 is 2.00 bits per heavy atom. The third-order valence-electron chi connectivity index (χ3n) is 1.76. The summed E-state index contributed by atoms with van der Waals surface area (Å²) >= 11 is 0. The molecule has 2 amide bonds. The molecule has 0 aliphatic rings. The lowest BCUT2D eigenvalue weighted by Gasteiger charge is -2.26. The normalized spacial score (nSPS) is 15.1. The topological polar surface area (TPSA) is 67.4 Å². The summed E-state index contributed by atoms with van der Waals surface area (Å²) in [7, 11) is 1.27. The summed E-state index contributed by atoms with van der Waals surface area (Å²) in [5.74, 6) is -0.959. The van der Waals surface area contributed by atoms with Gasteiger partial charge in [0.2, 0.25) is 12.3 Å². The van der Waals surface area contributed by atoms with Gasteiger partial charge in [-0.1, -0.05) is 0 Å². The molecule has 0 heterocycles. The Hall–Kier alpha value is -1.31. The van der Waals surface area contributed by atoms with Crippen LogP contribution in [0.25, 0.3) is 0 Å². The molecule has 5 nitrogen and oxygen atoms in total. The van der Waals surface area contributed by atoms with E-state index in [4.69, 9.17) is 0 Å². The number of carbonyl (C=O) groups is 2. The smallest absolute Gasteiger partial charge is 0.382 e. The van der Waals surface area contributed by atoms with Crippen molar-refractivity contribution < 1.29 is 27.5 Å². The van der Waals surface area contributed by atoms with Gasteiger partial charge in [0, 0.05) is 7.11 Å². The molecule has 0 aromatic heterocycles. The first-order valence-corrected chi connectivity index (χ1v) is 4.30. The average molecular weight is 242 g/mol. The number of alkyl halides is 3. The van der Waals surface area contributed by atoms with Gasteiger partial charge in [-0.05, 0) is 6.92 Å². The minimum atomic E-state index is -4.50. The number of hydrogen-bond acceptors (Lipinski definition) is 3. The second-order valence-electron chi connectivity index (χ2n) is 3.33. The standard InChI is InChI=1S/C8H13F3N2O3/c1-7(4-16-2,13-5-14)6(15)12-3-8(9,10)11/h5H,3-4H2,1-2H3,(H,12,15)(H,13,14). The highest BCUT2D eigenvalue weighted by molar-refractivity contribution is 5.88. The van der Waals surface area contributed by atoms with E-state index in [0.29, 0.717) is 0 Å². The van der Waals surface area contributed by atoms with Crippen molar-refractivity contribution in [2.45, 2.75) is 18.6 Å². The summed E-state index contributed by atoms with van der Waals surface area (Å²) in [6.07, 6.45) is -4.27.